The Hall–Kier alpha value is -7.19. The quantitative estimate of drug-likeness (QED) is 0.0248. The van der Waals surface area contributed by atoms with Crippen LogP contribution in [0.4, 0.5) is 50.4 Å². The van der Waals surface area contributed by atoms with Crippen LogP contribution in [0.1, 0.15) is 76.1 Å². The topological polar surface area (TPSA) is 206 Å². The maximum atomic E-state index is 12.3. The van der Waals surface area contributed by atoms with Gasteiger partial charge in [-0.1, -0.05) is 24.3 Å². The Kier molecular flexibility index (Phi) is 25.9. The van der Waals surface area contributed by atoms with Crippen molar-refractivity contribution in [3.8, 4) is 73.9 Å². The van der Waals surface area contributed by atoms with Gasteiger partial charge in [0.1, 0.15) is 0 Å². The van der Waals surface area contributed by atoms with E-state index in [0.29, 0.717) is 67.8 Å². The van der Waals surface area contributed by atoms with E-state index < -0.39 is 39.5 Å². The van der Waals surface area contributed by atoms with Crippen molar-refractivity contribution >= 4 is 84.7 Å². The number of halogens is 14. The van der Waals surface area contributed by atoms with Gasteiger partial charge < -0.3 is 18.9 Å². The maximum absolute atomic E-state index is 12.3. The second-order valence-corrected chi connectivity index (χ2v) is 23.3. The summed E-state index contributed by atoms with van der Waals surface area (Å²) in [6.45, 7) is 9.59. The third kappa shape index (κ3) is 28.8. The predicted octanol–water partition coefficient (Wildman–Crippen LogP) is 19.0. The van der Waals surface area contributed by atoms with Crippen LogP contribution in [0.25, 0.3) is 67.8 Å². The van der Waals surface area contributed by atoms with E-state index in [1.807, 2.05) is 72.8 Å². The number of rotatable bonds is 14. The zero-order chi connectivity index (χ0) is 65.1. The van der Waals surface area contributed by atoms with E-state index in [4.69, 9.17) is 34.2 Å². The fraction of sp³-hybridized carbons (Fsp3) is 0.161. The standard InChI is InChI=1S/2C27H22IN3O4.C2H3N.2F6P.Ru/c2*1-3-34-26(32)18-9-11-29-22(13-18)24-15-20(17-5-7-21(28)8-6-17)16-25(31-24)23-14-19(10-12-30-23)27(33)35-4-2;1-2-3;2*1-7(2,3,4,5)6;/h2*5-16H,3-4H2,1-2H3;1H3;;;/q;;;2*-1;+2. The molecule has 0 bridgehead atoms. The molecule has 8 aromatic rings. The molecule has 0 aliphatic rings. The van der Waals surface area contributed by atoms with Crippen molar-refractivity contribution in [1.82, 2.24) is 29.9 Å². The molecule has 6 heterocycles. The second-order valence-electron chi connectivity index (χ2n) is 17.0. The number of carbonyl (C=O) groups excluding carboxylic acids is 4. The Morgan fingerprint density at radius 3 is 0.761 bits per heavy atom. The number of nitrogens with zero attached hydrogens (tertiary/aromatic N) is 7. The first kappa shape index (κ1) is 75.1. The number of nitriles is 1. The van der Waals surface area contributed by atoms with Gasteiger partial charge in [-0.25, -0.2) is 29.1 Å². The summed E-state index contributed by atoms with van der Waals surface area (Å²) in [5.74, 6) is -1.69. The summed E-state index contributed by atoms with van der Waals surface area (Å²) < 4.78 is 141. The van der Waals surface area contributed by atoms with Gasteiger partial charge in [0.25, 0.3) is 0 Å². The van der Waals surface area contributed by atoms with Gasteiger partial charge >= 0.3 is 109 Å². The number of hydrogen-bond donors (Lipinski definition) is 0. The Labute approximate surface area is 534 Å². The predicted molar refractivity (Wildman–Crippen MR) is 320 cm³/mol. The molecule has 0 saturated heterocycles. The molecule has 6 aromatic heterocycles. The van der Waals surface area contributed by atoms with Crippen molar-refractivity contribution in [1.29, 1.82) is 5.26 Å². The third-order valence-corrected chi connectivity index (χ3v) is 11.6. The summed E-state index contributed by atoms with van der Waals surface area (Å²) in [4.78, 5) is 76.4. The maximum Gasteiger partial charge on any atom is 2.00 e. The first-order chi connectivity index (χ1) is 40.3. The molecule has 8 rings (SSSR count). The number of esters is 4. The summed E-state index contributed by atoms with van der Waals surface area (Å²) in [6.07, 6.45) is 6.22. The second kappa shape index (κ2) is 30.3. The van der Waals surface area contributed by atoms with Crippen LogP contribution in [0.15, 0.2) is 146 Å². The van der Waals surface area contributed by atoms with Gasteiger partial charge in [-0.3, -0.25) is 19.9 Å². The number of carbonyl (C=O) groups is 4. The van der Waals surface area contributed by atoms with Crippen LogP contribution in [0.2, 0.25) is 0 Å². The Morgan fingerprint density at radius 1 is 0.386 bits per heavy atom. The molecule has 32 heteroatoms. The van der Waals surface area contributed by atoms with Crippen LogP contribution in [-0.2, 0) is 38.4 Å². The zero-order valence-corrected chi connectivity index (χ0v) is 54.0. The molecule has 0 spiro atoms. The first-order valence-electron chi connectivity index (χ1n) is 24.8. The Balaban J connectivity index is 0.000000361. The largest absolute Gasteiger partial charge is 2.00 e. The number of hydrogen-bond acceptors (Lipinski definition) is 15. The molecule has 0 N–H and O–H groups in total. The molecule has 0 saturated carbocycles. The van der Waals surface area contributed by atoms with E-state index in [0.717, 1.165) is 29.4 Å². The minimum Gasteiger partial charge on any atom is 2.00 e. The Morgan fingerprint density at radius 2 is 0.580 bits per heavy atom. The van der Waals surface area contributed by atoms with E-state index in [-0.39, 0.29) is 45.9 Å². The van der Waals surface area contributed by atoms with Crippen LogP contribution < -0.4 is 0 Å². The summed E-state index contributed by atoms with van der Waals surface area (Å²) >= 11 is 4.52. The van der Waals surface area contributed by atoms with Crippen molar-refractivity contribution in [2.24, 2.45) is 0 Å². The van der Waals surface area contributed by atoms with E-state index in [1.54, 1.807) is 107 Å². The number of benzene rings is 2. The molecule has 2 aromatic carbocycles. The van der Waals surface area contributed by atoms with Crippen LogP contribution in [0.3, 0.4) is 0 Å². The van der Waals surface area contributed by atoms with E-state index >= 15 is 0 Å². The fourth-order valence-electron chi connectivity index (χ4n) is 6.85. The van der Waals surface area contributed by atoms with Gasteiger partial charge in [-0.2, -0.15) is 5.26 Å². The van der Waals surface area contributed by atoms with Crippen molar-refractivity contribution in [2.75, 3.05) is 26.4 Å². The minimum absolute atomic E-state index is 0. The smallest absolute Gasteiger partial charge is 2.00 e. The normalized spacial score (nSPS) is 12.2. The molecule has 0 fully saturated rings. The number of aromatic nitrogens is 6. The minimum atomic E-state index is -10.7. The molecule has 0 atom stereocenters. The van der Waals surface area contributed by atoms with E-state index in [1.165, 1.54) is 6.92 Å². The molecule has 0 aliphatic carbocycles. The molecular formula is C56H47F12I2N7O8P2Ru. The first-order valence-corrected chi connectivity index (χ1v) is 31.0. The van der Waals surface area contributed by atoms with E-state index in [9.17, 15) is 69.5 Å². The molecule has 15 nitrogen and oxygen atoms in total. The van der Waals surface area contributed by atoms with Crippen molar-refractivity contribution in [3.63, 3.8) is 0 Å². The van der Waals surface area contributed by atoms with Crippen LogP contribution in [-0.4, -0.2) is 80.2 Å². The average Bonchev–Trinajstić information content (AvgIpc) is 1.54. The molecule has 0 amide bonds. The molecule has 470 valence electrons. The Bertz CT molecular complexity index is 3390. The third-order valence-electron chi connectivity index (χ3n) is 10.1. The van der Waals surface area contributed by atoms with Crippen molar-refractivity contribution in [3.05, 3.63) is 176 Å². The molecular weight excluding hydrogens is 1540 g/mol. The van der Waals surface area contributed by atoms with Crippen molar-refractivity contribution in [2.45, 2.75) is 34.6 Å². The zero-order valence-electron chi connectivity index (χ0n) is 46.1. The van der Waals surface area contributed by atoms with Gasteiger partial charge in [0.15, 0.2) is 0 Å². The molecule has 0 radical (unpaired) electrons. The van der Waals surface area contributed by atoms with Crippen LogP contribution >= 0.6 is 60.8 Å². The summed E-state index contributed by atoms with van der Waals surface area (Å²) in [5, 5.41) is 7.32. The fourth-order valence-corrected chi connectivity index (χ4v) is 7.57. The summed E-state index contributed by atoms with van der Waals surface area (Å²) in [5.41, 5.74) is 9.65. The van der Waals surface area contributed by atoms with Gasteiger partial charge in [0.2, 0.25) is 0 Å². The number of pyridine rings is 6. The molecule has 0 aliphatic heterocycles. The monoisotopic (exact) mass is 1590 g/mol. The van der Waals surface area contributed by atoms with Crippen molar-refractivity contribution < 1.29 is 108 Å². The van der Waals surface area contributed by atoms with Gasteiger partial charge in [0, 0.05) is 38.9 Å². The summed E-state index contributed by atoms with van der Waals surface area (Å²) in [6, 6.07) is 38.6. The average molecular weight is 1590 g/mol. The van der Waals surface area contributed by atoms with E-state index in [2.05, 4.69) is 65.1 Å². The number of ether oxygens (including phenoxy) is 4. The molecule has 88 heavy (non-hydrogen) atoms. The molecule has 0 unspecified atom stereocenters. The van der Waals surface area contributed by atoms with Gasteiger partial charge in [-0.05, 0) is 192 Å². The SMILES string of the molecule is CC#N.CCOC(=O)c1ccnc(-c2cc(-c3ccc(I)cc3)cc(-c3cc(C(=O)OCC)ccn3)n2)c1.CCOC(=O)c1ccnc(-c2cc(-c3ccc(I)cc3)cc(-c3cc(C(=O)OCC)ccn3)n2)c1.F[P-](F)(F)(F)(F)F.F[P-](F)(F)(F)(F)F.[Ru+2]. The van der Waals surface area contributed by atoms with Crippen LogP contribution in [0, 0.1) is 18.5 Å². The van der Waals surface area contributed by atoms with Gasteiger partial charge in [-0.15, -0.1) is 0 Å². The van der Waals surface area contributed by atoms with Gasteiger partial charge in [0.05, 0.1) is 100 Å². The van der Waals surface area contributed by atoms with Crippen LogP contribution in [0.5, 0.6) is 0 Å². The summed E-state index contributed by atoms with van der Waals surface area (Å²) in [7, 11) is -21.3.